The maximum atomic E-state index is 12.8. The van der Waals surface area contributed by atoms with Crippen LogP contribution in [0.4, 0.5) is 5.82 Å². The zero-order valence-electron chi connectivity index (χ0n) is 14.8. The topological polar surface area (TPSA) is 97.3 Å². The molecule has 9 heteroatoms. The van der Waals surface area contributed by atoms with Crippen LogP contribution in [0.5, 0.6) is 5.88 Å². The first-order chi connectivity index (χ1) is 13.0. The van der Waals surface area contributed by atoms with Crippen molar-refractivity contribution in [3.8, 4) is 5.88 Å². The van der Waals surface area contributed by atoms with Crippen molar-refractivity contribution in [2.24, 2.45) is 0 Å². The first kappa shape index (κ1) is 17.6. The fourth-order valence-electron chi connectivity index (χ4n) is 3.11. The molecule has 0 radical (unpaired) electrons. The maximum Gasteiger partial charge on any atom is 0.302 e. The third-order valence-corrected chi connectivity index (χ3v) is 6.06. The van der Waals surface area contributed by atoms with Crippen molar-refractivity contribution in [1.82, 2.24) is 19.5 Å². The number of hydrogen-bond acceptors (Lipinski definition) is 6. The fourth-order valence-corrected chi connectivity index (χ4v) is 4.28. The minimum absolute atomic E-state index is 0.303. The Hall–Kier alpha value is -2.78. The molecule has 0 fully saturated rings. The lowest BCUT2D eigenvalue weighted by molar-refractivity contribution is 0.390. The van der Waals surface area contributed by atoms with Gasteiger partial charge in [0.1, 0.15) is 5.82 Å². The molecule has 3 heterocycles. The summed E-state index contributed by atoms with van der Waals surface area (Å²) in [6.07, 6.45) is 1.05. The van der Waals surface area contributed by atoms with Crippen molar-refractivity contribution < 1.29 is 13.2 Å². The van der Waals surface area contributed by atoms with Crippen LogP contribution < -0.4 is 9.46 Å². The number of fused-ring (bicyclic) bond motifs is 2. The van der Waals surface area contributed by atoms with Crippen LogP contribution >= 0.6 is 0 Å². The van der Waals surface area contributed by atoms with Gasteiger partial charge in [0.2, 0.25) is 5.88 Å². The summed E-state index contributed by atoms with van der Waals surface area (Å²) in [7, 11) is -2.19. The van der Waals surface area contributed by atoms with Gasteiger partial charge in [0.05, 0.1) is 18.3 Å². The van der Waals surface area contributed by atoms with Crippen molar-refractivity contribution in [3.63, 3.8) is 0 Å². The van der Waals surface area contributed by atoms with Crippen molar-refractivity contribution in [2.75, 3.05) is 24.9 Å². The number of nitrogens with one attached hydrogen (secondary N) is 1. The molecule has 2 aromatic heterocycles. The summed E-state index contributed by atoms with van der Waals surface area (Å²) in [5, 5.41) is 9.08. The van der Waals surface area contributed by atoms with Gasteiger partial charge in [-0.2, -0.15) is 17.8 Å². The number of para-hydroxylation sites is 1. The van der Waals surface area contributed by atoms with Gasteiger partial charge in [0.25, 0.3) is 0 Å². The lowest BCUT2D eigenvalue weighted by Crippen LogP contribution is -2.37. The number of pyridine rings is 1. The molecule has 27 heavy (non-hydrogen) atoms. The molecule has 0 aliphatic carbocycles. The summed E-state index contributed by atoms with van der Waals surface area (Å²) in [6, 6.07) is 12.9. The lowest BCUT2D eigenvalue weighted by atomic mass is 10.1. The molecule has 1 aromatic carbocycles. The molecule has 0 saturated carbocycles. The van der Waals surface area contributed by atoms with E-state index in [0.29, 0.717) is 37.6 Å². The Labute approximate surface area is 157 Å². The van der Waals surface area contributed by atoms with E-state index in [4.69, 9.17) is 4.74 Å². The second kappa shape index (κ2) is 7.09. The standard InChI is InChI=1S/C18H19N5O3S/c1-26-18-12-14-8-10-23(11-9-16(14)20-21-18)27(24,25)22-17-7-6-13-4-2-3-5-15(13)19-17/h2-7,12H,8-11H2,1H3,(H,19,22). The molecule has 8 nitrogen and oxygen atoms in total. The number of nitrogens with zero attached hydrogens (tertiary/aromatic N) is 4. The summed E-state index contributed by atoms with van der Waals surface area (Å²) < 4.78 is 34.8. The average Bonchev–Trinajstić information content (AvgIpc) is 2.90. The van der Waals surface area contributed by atoms with E-state index in [-0.39, 0.29) is 0 Å². The molecule has 0 amide bonds. The van der Waals surface area contributed by atoms with Gasteiger partial charge in [-0.05, 0) is 30.2 Å². The Kier molecular flexibility index (Phi) is 4.63. The molecule has 140 valence electrons. The van der Waals surface area contributed by atoms with Crippen LogP contribution in [0, 0.1) is 0 Å². The van der Waals surface area contributed by atoms with Crippen molar-refractivity contribution in [3.05, 3.63) is 53.7 Å². The highest BCUT2D eigenvalue weighted by molar-refractivity contribution is 7.90. The van der Waals surface area contributed by atoms with Crippen molar-refractivity contribution in [2.45, 2.75) is 12.8 Å². The molecule has 0 spiro atoms. The molecule has 1 aliphatic rings. The first-order valence-electron chi connectivity index (χ1n) is 8.58. The first-order valence-corrected chi connectivity index (χ1v) is 10.0. The molecule has 0 bridgehead atoms. The monoisotopic (exact) mass is 385 g/mol. The second-order valence-electron chi connectivity index (χ2n) is 6.25. The van der Waals surface area contributed by atoms with Crippen LogP contribution in [0.25, 0.3) is 10.9 Å². The lowest BCUT2D eigenvalue weighted by Gasteiger charge is -2.20. The van der Waals surface area contributed by atoms with E-state index >= 15 is 0 Å². The molecule has 1 N–H and O–H groups in total. The quantitative estimate of drug-likeness (QED) is 0.735. The van der Waals surface area contributed by atoms with Gasteiger partial charge in [-0.1, -0.05) is 18.2 Å². The van der Waals surface area contributed by atoms with E-state index in [9.17, 15) is 8.42 Å². The second-order valence-corrected chi connectivity index (χ2v) is 7.92. The SMILES string of the molecule is COc1cc2c(nn1)CCN(S(=O)(=O)Nc1ccc3ccccc3n1)CC2. The third kappa shape index (κ3) is 3.69. The van der Waals surface area contributed by atoms with Crippen LogP contribution in [0.3, 0.4) is 0 Å². The number of benzene rings is 1. The number of ether oxygens (including phenoxy) is 1. The minimum Gasteiger partial charge on any atom is -0.480 e. The van der Waals surface area contributed by atoms with Crippen LogP contribution in [0.15, 0.2) is 42.5 Å². The Bertz CT molecular complexity index is 1090. The Morgan fingerprint density at radius 3 is 2.74 bits per heavy atom. The molecule has 0 saturated heterocycles. The van der Waals surface area contributed by atoms with Gasteiger partial charge in [0, 0.05) is 31.0 Å². The normalized spacial score (nSPS) is 15.1. The van der Waals surface area contributed by atoms with Crippen molar-refractivity contribution in [1.29, 1.82) is 0 Å². The molecule has 3 aromatic rings. The summed E-state index contributed by atoms with van der Waals surface area (Å²) in [5.74, 6) is 0.737. The van der Waals surface area contributed by atoms with E-state index in [0.717, 1.165) is 22.2 Å². The highest BCUT2D eigenvalue weighted by atomic mass is 32.2. The molecule has 1 aliphatic heterocycles. The van der Waals surface area contributed by atoms with E-state index < -0.39 is 10.2 Å². The summed E-state index contributed by atoms with van der Waals surface area (Å²) >= 11 is 0. The van der Waals surface area contributed by atoms with E-state index in [2.05, 4.69) is 19.9 Å². The van der Waals surface area contributed by atoms with Gasteiger partial charge in [-0.3, -0.25) is 4.72 Å². The van der Waals surface area contributed by atoms with Crippen LogP contribution in [0.1, 0.15) is 11.3 Å². The van der Waals surface area contributed by atoms with E-state index in [1.165, 1.54) is 11.4 Å². The highest BCUT2D eigenvalue weighted by Crippen LogP contribution is 2.20. The maximum absolute atomic E-state index is 12.8. The Morgan fingerprint density at radius 2 is 1.89 bits per heavy atom. The number of rotatable bonds is 4. The summed E-state index contributed by atoms with van der Waals surface area (Å²) in [6.45, 7) is 0.682. The van der Waals surface area contributed by atoms with Crippen LogP contribution in [-0.4, -0.2) is 48.1 Å². The van der Waals surface area contributed by atoms with Gasteiger partial charge >= 0.3 is 10.2 Å². The zero-order chi connectivity index (χ0) is 18.9. The van der Waals surface area contributed by atoms with E-state index in [1.54, 1.807) is 6.07 Å². The molecule has 0 unspecified atom stereocenters. The van der Waals surface area contributed by atoms with Gasteiger partial charge < -0.3 is 4.74 Å². The zero-order valence-corrected chi connectivity index (χ0v) is 15.6. The molecular weight excluding hydrogens is 366 g/mol. The predicted molar refractivity (Wildman–Crippen MR) is 102 cm³/mol. The third-order valence-electron chi connectivity index (χ3n) is 4.55. The number of hydrogen-bond donors (Lipinski definition) is 1. The van der Waals surface area contributed by atoms with Gasteiger partial charge in [-0.25, -0.2) is 4.98 Å². The van der Waals surface area contributed by atoms with Gasteiger partial charge in [0.15, 0.2) is 0 Å². The molecular formula is C18H19N5O3S. The number of methoxy groups -OCH3 is 1. The van der Waals surface area contributed by atoms with Crippen molar-refractivity contribution >= 4 is 26.9 Å². The Balaban J connectivity index is 1.53. The van der Waals surface area contributed by atoms with Crippen LogP contribution in [0.2, 0.25) is 0 Å². The number of aromatic nitrogens is 3. The summed E-state index contributed by atoms with van der Waals surface area (Å²) in [4.78, 5) is 4.39. The predicted octanol–water partition coefficient (Wildman–Crippen LogP) is 1.79. The smallest absolute Gasteiger partial charge is 0.302 e. The molecule has 4 rings (SSSR count). The van der Waals surface area contributed by atoms with E-state index in [1.807, 2.05) is 36.4 Å². The summed E-state index contributed by atoms with van der Waals surface area (Å²) in [5.41, 5.74) is 2.50. The van der Waals surface area contributed by atoms with Crippen LogP contribution in [-0.2, 0) is 23.1 Å². The highest BCUT2D eigenvalue weighted by Gasteiger charge is 2.26. The Morgan fingerprint density at radius 1 is 1.07 bits per heavy atom. The minimum atomic E-state index is -3.72. The number of anilines is 1. The van der Waals surface area contributed by atoms with Gasteiger partial charge in [-0.15, -0.1) is 5.10 Å². The average molecular weight is 385 g/mol. The molecule has 0 atom stereocenters. The largest absolute Gasteiger partial charge is 0.480 e. The fraction of sp³-hybridized carbons (Fsp3) is 0.278.